The molecule has 0 aliphatic carbocycles. The molecule has 3 aromatic rings. The molecule has 6 heteroatoms. The van der Waals surface area contributed by atoms with Crippen molar-refractivity contribution in [2.45, 2.75) is 78.6 Å². The average molecular weight is 517 g/mol. The lowest BCUT2D eigenvalue weighted by molar-refractivity contribution is -0.141. The van der Waals surface area contributed by atoms with E-state index >= 15 is 0 Å². The minimum Gasteiger partial charge on any atom is -0.485 e. The number of hydrogen-bond donors (Lipinski definition) is 1. The first kappa shape index (κ1) is 27.6. The van der Waals surface area contributed by atoms with Gasteiger partial charge in [-0.05, 0) is 92.5 Å². The summed E-state index contributed by atoms with van der Waals surface area (Å²) in [5.74, 6) is 0.256. The summed E-state index contributed by atoms with van der Waals surface area (Å²) in [5.41, 5.74) is 6.83. The standard InChI is InChI=1S/C32H40N2O4/c1-20(2)34(21(3)4)19-27-17-26(9-11-28(27)25-13-14-33-31(18-25)37-6)29-12-10-24-8-7-23(16-30(24)38-29)15-22(5)32(35)36/h7-9,11,13-14,16-18,20-22,29H,10,12,15,19H2,1-6H3,(H,35,36)/t22-,29?/m0/s1. The van der Waals surface area contributed by atoms with E-state index in [9.17, 15) is 9.90 Å². The molecular formula is C32H40N2O4. The van der Waals surface area contributed by atoms with Gasteiger partial charge in [0.1, 0.15) is 11.9 Å². The highest BCUT2D eigenvalue weighted by Crippen LogP contribution is 2.38. The molecule has 2 atom stereocenters. The van der Waals surface area contributed by atoms with E-state index in [0.29, 0.717) is 24.4 Å². The van der Waals surface area contributed by atoms with Crippen molar-refractivity contribution >= 4 is 5.97 Å². The molecule has 1 aliphatic rings. The van der Waals surface area contributed by atoms with E-state index < -0.39 is 11.9 Å². The Hall–Kier alpha value is -3.38. The number of aliphatic carboxylic acids is 1. The van der Waals surface area contributed by atoms with Crippen molar-refractivity contribution in [1.82, 2.24) is 9.88 Å². The molecule has 202 valence electrons. The van der Waals surface area contributed by atoms with Gasteiger partial charge in [-0.15, -0.1) is 0 Å². The summed E-state index contributed by atoms with van der Waals surface area (Å²) in [5, 5.41) is 9.32. The summed E-state index contributed by atoms with van der Waals surface area (Å²) in [6, 6.07) is 17.6. The summed E-state index contributed by atoms with van der Waals surface area (Å²) in [6.07, 6.45) is 4.06. The minimum absolute atomic E-state index is 0.0547. The molecule has 0 spiro atoms. The molecule has 0 saturated heterocycles. The van der Waals surface area contributed by atoms with E-state index in [1.165, 1.54) is 16.7 Å². The number of aryl methyl sites for hydroxylation is 1. The van der Waals surface area contributed by atoms with Gasteiger partial charge in [0.05, 0.1) is 13.0 Å². The van der Waals surface area contributed by atoms with Crippen LogP contribution in [0.25, 0.3) is 11.1 Å². The zero-order valence-corrected chi connectivity index (χ0v) is 23.4. The second kappa shape index (κ2) is 12.0. The van der Waals surface area contributed by atoms with Crippen molar-refractivity contribution in [3.63, 3.8) is 0 Å². The molecule has 6 nitrogen and oxygen atoms in total. The Morgan fingerprint density at radius 2 is 1.84 bits per heavy atom. The minimum atomic E-state index is -0.780. The first-order valence-corrected chi connectivity index (χ1v) is 13.6. The lowest BCUT2D eigenvalue weighted by Crippen LogP contribution is -2.36. The number of ether oxygens (including phenoxy) is 2. The fourth-order valence-electron chi connectivity index (χ4n) is 5.29. The predicted octanol–water partition coefficient (Wildman–Crippen LogP) is 6.71. The number of nitrogens with zero attached hydrogens (tertiary/aromatic N) is 2. The van der Waals surface area contributed by atoms with E-state index in [4.69, 9.17) is 9.47 Å². The van der Waals surface area contributed by atoms with Crippen LogP contribution in [0.15, 0.2) is 54.7 Å². The molecule has 2 aromatic carbocycles. The molecule has 38 heavy (non-hydrogen) atoms. The largest absolute Gasteiger partial charge is 0.485 e. The summed E-state index contributed by atoms with van der Waals surface area (Å²) < 4.78 is 11.9. The first-order chi connectivity index (χ1) is 18.2. The molecule has 0 fully saturated rings. The first-order valence-electron chi connectivity index (χ1n) is 13.6. The van der Waals surface area contributed by atoms with Crippen LogP contribution in [0, 0.1) is 5.92 Å². The zero-order valence-electron chi connectivity index (χ0n) is 23.4. The molecule has 0 radical (unpaired) electrons. The summed E-state index contributed by atoms with van der Waals surface area (Å²) in [7, 11) is 1.64. The van der Waals surface area contributed by atoms with Crippen LogP contribution in [0.2, 0.25) is 0 Å². The van der Waals surface area contributed by atoms with Crippen LogP contribution in [0.4, 0.5) is 0 Å². The van der Waals surface area contributed by atoms with Crippen LogP contribution < -0.4 is 9.47 Å². The quantitative estimate of drug-likeness (QED) is 0.323. The highest BCUT2D eigenvalue weighted by atomic mass is 16.5. The van der Waals surface area contributed by atoms with Gasteiger partial charge >= 0.3 is 5.97 Å². The van der Waals surface area contributed by atoms with Gasteiger partial charge in [-0.2, -0.15) is 0 Å². The van der Waals surface area contributed by atoms with Crippen molar-refractivity contribution in [3.8, 4) is 22.8 Å². The maximum Gasteiger partial charge on any atom is 0.306 e. The van der Waals surface area contributed by atoms with E-state index in [1.807, 2.05) is 24.3 Å². The molecule has 0 amide bonds. The molecule has 1 unspecified atom stereocenters. The number of methoxy groups -OCH3 is 1. The fourth-order valence-corrected chi connectivity index (χ4v) is 5.29. The number of carboxylic acid groups (broad SMARTS) is 1. The summed E-state index contributed by atoms with van der Waals surface area (Å²) in [6.45, 7) is 11.5. The molecule has 4 rings (SSSR count). The third-order valence-electron chi connectivity index (χ3n) is 7.48. The van der Waals surface area contributed by atoms with Crippen LogP contribution >= 0.6 is 0 Å². The van der Waals surface area contributed by atoms with Crippen LogP contribution in [0.3, 0.4) is 0 Å². The number of carbonyl (C=O) groups is 1. The highest BCUT2D eigenvalue weighted by molar-refractivity contribution is 5.70. The van der Waals surface area contributed by atoms with Gasteiger partial charge < -0.3 is 14.6 Å². The van der Waals surface area contributed by atoms with Crippen molar-refractivity contribution in [2.24, 2.45) is 5.92 Å². The van der Waals surface area contributed by atoms with Crippen molar-refractivity contribution < 1.29 is 19.4 Å². The number of carboxylic acids is 1. The van der Waals surface area contributed by atoms with Crippen LogP contribution in [-0.2, 0) is 24.2 Å². The molecule has 0 bridgehead atoms. The van der Waals surface area contributed by atoms with E-state index in [0.717, 1.165) is 41.8 Å². The number of benzene rings is 2. The van der Waals surface area contributed by atoms with E-state index in [-0.39, 0.29) is 6.10 Å². The molecule has 1 N–H and O–H groups in total. The number of fused-ring (bicyclic) bond motifs is 1. The van der Waals surface area contributed by atoms with Crippen LogP contribution in [-0.4, -0.2) is 40.2 Å². The Morgan fingerprint density at radius 3 is 2.53 bits per heavy atom. The lowest BCUT2D eigenvalue weighted by atomic mass is 9.91. The smallest absolute Gasteiger partial charge is 0.306 e. The lowest BCUT2D eigenvalue weighted by Gasteiger charge is -2.32. The van der Waals surface area contributed by atoms with Crippen molar-refractivity contribution in [1.29, 1.82) is 0 Å². The number of pyridine rings is 1. The second-order valence-corrected chi connectivity index (χ2v) is 10.9. The van der Waals surface area contributed by atoms with Gasteiger partial charge in [-0.1, -0.05) is 37.3 Å². The Balaban J connectivity index is 1.67. The third kappa shape index (κ3) is 6.36. The zero-order chi connectivity index (χ0) is 27.4. The number of hydrogen-bond acceptors (Lipinski definition) is 5. The number of rotatable bonds is 10. The topological polar surface area (TPSA) is 71.9 Å². The summed E-state index contributed by atoms with van der Waals surface area (Å²) >= 11 is 0. The Bertz CT molecular complexity index is 1260. The SMILES string of the molecule is COc1cc(-c2ccc(C3CCc4ccc(C[C@H](C)C(=O)O)cc4O3)cc2CN(C(C)C)C(C)C)ccn1. The van der Waals surface area contributed by atoms with Crippen LogP contribution in [0.5, 0.6) is 11.6 Å². The number of aromatic nitrogens is 1. The third-order valence-corrected chi connectivity index (χ3v) is 7.48. The maximum atomic E-state index is 11.3. The van der Waals surface area contributed by atoms with Gasteiger partial charge in [-0.25, -0.2) is 4.98 Å². The van der Waals surface area contributed by atoms with Gasteiger partial charge in [0.25, 0.3) is 0 Å². The van der Waals surface area contributed by atoms with E-state index in [1.54, 1.807) is 20.2 Å². The average Bonchev–Trinajstić information content (AvgIpc) is 2.90. The predicted molar refractivity (Wildman–Crippen MR) is 151 cm³/mol. The van der Waals surface area contributed by atoms with Gasteiger partial charge in [0.15, 0.2) is 0 Å². The molecule has 0 saturated carbocycles. The Kier molecular flexibility index (Phi) is 8.72. The maximum absolute atomic E-state index is 11.3. The van der Waals surface area contributed by atoms with E-state index in [2.05, 4.69) is 61.8 Å². The fraction of sp³-hybridized carbons (Fsp3) is 0.438. The normalized spacial score (nSPS) is 15.9. The van der Waals surface area contributed by atoms with Crippen LogP contribution in [0.1, 0.15) is 69.4 Å². The Morgan fingerprint density at radius 1 is 1.08 bits per heavy atom. The monoisotopic (exact) mass is 516 g/mol. The van der Waals surface area contributed by atoms with Crippen molar-refractivity contribution in [2.75, 3.05) is 7.11 Å². The molecule has 1 aliphatic heterocycles. The second-order valence-electron chi connectivity index (χ2n) is 10.9. The highest BCUT2D eigenvalue weighted by Gasteiger charge is 2.24. The van der Waals surface area contributed by atoms with Gasteiger partial charge in [0, 0.05) is 30.9 Å². The molecule has 1 aromatic heterocycles. The van der Waals surface area contributed by atoms with Crippen molar-refractivity contribution in [3.05, 3.63) is 77.0 Å². The molecule has 2 heterocycles. The molecular weight excluding hydrogens is 476 g/mol. The van der Waals surface area contributed by atoms with Gasteiger partial charge in [-0.3, -0.25) is 9.69 Å². The van der Waals surface area contributed by atoms with Gasteiger partial charge in [0.2, 0.25) is 5.88 Å². The Labute approximate surface area is 226 Å². The summed E-state index contributed by atoms with van der Waals surface area (Å²) in [4.78, 5) is 18.1.